The van der Waals surface area contributed by atoms with Crippen molar-refractivity contribution < 1.29 is 9.47 Å². The van der Waals surface area contributed by atoms with E-state index in [0.717, 1.165) is 31.1 Å². The highest BCUT2D eigenvalue weighted by Gasteiger charge is 2.19. The summed E-state index contributed by atoms with van der Waals surface area (Å²) < 4.78 is 11.3. The van der Waals surface area contributed by atoms with Gasteiger partial charge in [-0.1, -0.05) is 20.8 Å². The van der Waals surface area contributed by atoms with Gasteiger partial charge in [0.2, 0.25) is 0 Å². The van der Waals surface area contributed by atoms with E-state index in [1.807, 2.05) is 12.1 Å². The fraction of sp³-hybridized carbons (Fsp3) is 0.647. The second-order valence-corrected chi connectivity index (χ2v) is 6.51. The third kappa shape index (κ3) is 6.36. The van der Waals surface area contributed by atoms with Crippen LogP contribution in [0.1, 0.15) is 26.3 Å². The molecular formula is C17H30N2O2. The molecule has 0 atom stereocenters. The molecule has 0 aliphatic rings. The van der Waals surface area contributed by atoms with Crippen molar-refractivity contribution in [2.45, 2.75) is 26.2 Å². The van der Waals surface area contributed by atoms with E-state index in [2.05, 4.69) is 51.1 Å². The van der Waals surface area contributed by atoms with Crippen LogP contribution in [0.4, 0.5) is 0 Å². The van der Waals surface area contributed by atoms with Crippen LogP contribution in [0.15, 0.2) is 18.2 Å². The lowest BCUT2D eigenvalue weighted by atomic mass is 9.86. The molecule has 120 valence electrons. The fourth-order valence-corrected chi connectivity index (χ4v) is 2.01. The number of hydrogen-bond donors (Lipinski definition) is 1. The molecule has 0 bridgehead atoms. The summed E-state index contributed by atoms with van der Waals surface area (Å²) in [5.74, 6) is 1.81. The van der Waals surface area contributed by atoms with Gasteiger partial charge in [0.1, 0.15) is 18.1 Å². The van der Waals surface area contributed by atoms with Crippen molar-refractivity contribution >= 4 is 0 Å². The third-order valence-corrected chi connectivity index (χ3v) is 3.27. The molecule has 0 saturated heterocycles. The second-order valence-electron chi connectivity index (χ2n) is 6.51. The standard InChI is InChI=1S/C17H30N2O2/c1-17(2,3)15-13-14(20-6)7-8-16(15)21-12-10-18-9-11-19(4)5/h7-8,13,18H,9-12H2,1-6H3. The van der Waals surface area contributed by atoms with E-state index in [4.69, 9.17) is 9.47 Å². The largest absolute Gasteiger partial charge is 0.497 e. The van der Waals surface area contributed by atoms with Gasteiger partial charge in [-0.25, -0.2) is 0 Å². The van der Waals surface area contributed by atoms with Crippen LogP contribution in [0.5, 0.6) is 11.5 Å². The average molecular weight is 294 g/mol. The number of likely N-dealkylation sites (N-methyl/N-ethyl adjacent to an activating group) is 1. The SMILES string of the molecule is COc1ccc(OCCNCCN(C)C)c(C(C)(C)C)c1. The van der Waals surface area contributed by atoms with Crippen LogP contribution in [0.3, 0.4) is 0 Å². The molecule has 21 heavy (non-hydrogen) atoms. The smallest absolute Gasteiger partial charge is 0.123 e. The number of hydrogen-bond acceptors (Lipinski definition) is 4. The molecule has 0 fully saturated rings. The van der Waals surface area contributed by atoms with Crippen LogP contribution < -0.4 is 14.8 Å². The molecule has 1 rings (SSSR count). The number of rotatable bonds is 8. The Morgan fingerprint density at radius 3 is 2.43 bits per heavy atom. The van der Waals surface area contributed by atoms with Crippen molar-refractivity contribution in [2.75, 3.05) is 47.4 Å². The van der Waals surface area contributed by atoms with E-state index in [1.54, 1.807) is 7.11 Å². The zero-order valence-electron chi connectivity index (χ0n) is 14.3. The van der Waals surface area contributed by atoms with Gasteiger partial charge in [-0.15, -0.1) is 0 Å². The number of ether oxygens (including phenoxy) is 2. The maximum absolute atomic E-state index is 5.94. The Labute approximate surface area is 129 Å². The zero-order chi connectivity index (χ0) is 15.9. The summed E-state index contributed by atoms with van der Waals surface area (Å²) in [7, 11) is 5.84. The monoisotopic (exact) mass is 294 g/mol. The summed E-state index contributed by atoms with van der Waals surface area (Å²) in [6, 6.07) is 6.01. The minimum absolute atomic E-state index is 0.0300. The zero-order valence-corrected chi connectivity index (χ0v) is 14.3. The molecule has 0 radical (unpaired) electrons. The summed E-state index contributed by atoms with van der Waals surface area (Å²) in [5.41, 5.74) is 1.21. The normalized spacial score (nSPS) is 11.8. The lowest BCUT2D eigenvalue weighted by molar-refractivity contribution is 0.300. The van der Waals surface area contributed by atoms with Crippen LogP contribution in [-0.4, -0.2) is 52.3 Å². The van der Waals surface area contributed by atoms with Crippen LogP contribution in [-0.2, 0) is 5.41 Å². The fourth-order valence-electron chi connectivity index (χ4n) is 2.01. The van der Waals surface area contributed by atoms with Gasteiger partial charge >= 0.3 is 0 Å². The lowest BCUT2D eigenvalue weighted by Gasteiger charge is -2.23. The molecule has 0 aliphatic heterocycles. The van der Waals surface area contributed by atoms with E-state index < -0.39 is 0 Å². The Kier molecular flexibility index (Phi) is 6.99. The van der Waals surface area contributed by atoms with E-state index in [1.165, 1.54) is 5.56 Å². The maximum atomic E-state index is 5.94. The Hall–Kier alpha value is -1.26. The molecule has 0 aromatic heterocycles. The highest BCUT2D eigenvalue weighted by Crippen LogP contribution is 2.34. The minimum Gasteiger partial charge on any atom is -0.497 e. The average Bonchev–Trinajstić information content (AvgIpc) is 2.41. The number of methoxy groups -OCH3 is 1. The highest BCUT2D eigenvalue weighted by molar-refractivity contribution is 5.44. The van der Waals surface area contributed by atoms with Crippen LogP contribution >= 0.6 is 0 Å². The predicted molar refractivity (Wildman–Crippen MR) is 88.6 cm³/mol. The predicted octanol–water partition coefficient (Wildman–Crippen LogP) is 2.52. The Bertz CT molecular complexity index is 425. The highest BCUT2D eigenvalue weighted by atomic mass is 16.5. The number of benzene rings is 1. The summed E-state index contributed by atoms with van der Waals surface area (Å²) in [6.45, 7) is 10.1. The first-order chi connectivity index (χ1) is 9.84. The molecule has 0 amide bonds. The van der Waals surface area contributed by atoms with Crippen LogP contribution in [0.25, 0.3) is 0 Å². The number of nitrogens with zero attached hydrogens (tertiary/aromatic N) is 1. The van der Waals surface area contributed by atoms with Gasteiger partial charge in [-0.05, 0) is 37.7 Å². The molecule has 4 heteroatoms. The van der Waals surface area contributed by atoms with Crippen LogP contribution in [0, 0.1) is 0 Å². The van der Waals surface area contributed by atoms with Crippen molar-refractivity contribution in [3.63, 3.8) is 0 Å². The lowest BCUT2D eigenvalue weighted by Crippen LogP contribution is -2.29. The maximum Gasteiger partial charge on any atom is 0.123 e. The molecule has 0 unspecified atom stereocenters. The van der Waals surface area contributed by atoms with Gasteiger partial charge in [-0.2, -0.15) is 0 Å². The summed E-state index contributed by atoms with van der Waals surface area (Å²) in [5, 5.41) is 3.38. The van der Waals surface area contributed by atoms with Crippen molar-refractivity contribution in [1.82, 2.24) is 10.2 Å². The van der Waals surface area contributed by atoms with Gasteiger partial charge in [0.05, 0.1) is 7.11 Å². The van der Waals surface area contributed by atoms with Crippen LogP contribution in [0.2, 0.25) is 0 Å². The summed E-state index contributed by atoms with van der Waals surface area (Å²) in [6.07, 6.45) is 0. The van der Waals surface area contributed by atoms with Gasteiger partial charge in [0.15, 0.2) is 0 Å². The molecule has 0 heterocycles. The molecule has 0 aliphatic carbocycles. The molecule has 1 aromatic carbocycles. The van der Waals surface area contributed by atoms with E-state index in [0.29, 0.717) is 6.61 Å². The van der Waals surface area contributed by atoms with Crippen molar-refractivity contribution in [1.29, 1.82) is 0 Å². The third-order valence-electron chi connectivity index (χ3n) is 3.27. The first-order valence-corrected chi connectivity index (χ1v) is 7.51. The Morgan fingerprint density at radius 1 is 1.14 bits per heavy atom. The second kappa shape index (κ2) is 8.25. The molecule has 0 spiro atoms. The van der Waals surface area contributed by atoms with E-state index in [-0.39, 0.29) is 5.41 Å². The minimum atomic E-state index is 0.0300. The first-order valence-electron chi connectivity index (χ1n) is 7.51. The molecule has 0 saturated carbocycles. The Balaban J connectivity index is 2.54. The van der Waals surface area contributed by atoms with Crippen molar-refractivity contribution in [2.24, 2.45) is 0 Å². The molecular weight excluding hydrogens is 264 g/mol. The summed E-state index contributed by atoms with van der Waals surface area (Å²) in [4.78, 5) is 2.16. The summed E-state index contributed by atoms with van der Waals surface area (Å²) >= 11 is 0. The topological polar surface area (TPSA) is 33.7 Å². The first kappa shape index (κ1) is 17.8. The molecule has 4 nitrogen and oxygen atoms in total. The van der Waals surface area contributed by atoms with E-state index in [9.17, 15) is 0 Å². The van der Waals surface area contributed by atoms with Crippen molar-refractivity contribution in [3.05, 3.63) is 23.8 Å². The van der Waals surface area contributed by atoms with Crippen molar-refractivity contribution in [3.8, 4) is 11.5 Å². The van der Waals surface area contributed by atoms with Gasteiger partial charge in [-0.3, -0.25) is 0 Å². The van der Waals surface area contributed by atoms with Gasteiger partial charge in [0, 0.05) is 25.2 Å². The number of nitrogens with one attached hydrogen (secondary N) is 1. The van der Waals surface area contributed by atoms with Gasteiger partial charge in [0.25, 0.3) is 0 Å². The molecule has 1 aromatic rings. The van der Waals surface area contributed by atoms with Gasteiger partial charge < -0.3 is 19.7 Å². The molecule has 1 N–H and O–H groups in total. The van der Waals surface area contributed by atoms with E-state index >= 15 is 0 Å². The quantitative estimate of drug-likeness (QED) is 0.747. The Morgan fingerprint density at radius 2 is 1.86 bits per heavy atom.